The number of rotatable bonds is 11. The summed E-state index contributed by atoms with van der Waals surface area (Å²) in [6, 6.07) is 16.8. The normalized spacial score (nSPS) is 12.8. The number of aliphatic hydroxyl groups excluding tert-OH is 2. The van der Waals surface area contributed by atoms with Crippen molar-refractivity contribution in [1.29, 1.82) is 0 Å². The third-order valence-electron chi connectivity index (χ3n) is 5.74. The highest BCUT2D eigenvalue weighted by Gasteiger charge is 2.13. The van der Waals surface area contributed by atoms with Crippen molar-refractivity contribution in [2.45, 2.75) is 45.1 Å². The standard InChI is InChI=1S/C27H30ClFN2O4/c1-17(30-15-26(34)20-8-9-25(33)21(13-20)16-32)10-18-4-2-5-19(11-18)12-27(35)31-14-22-23(28)6-3-7-24(22)29/h2-9,11,13,17,26,30,32-34H,10,12,14-16H2,1H3,(H,31,35)/t17-,26-/m1/s1. The van der Waals surface area contributed by atoms with Crippen LogP contribution in [0.3, 0.4) is 0 Å². The van der Waals surface area contributed by atoms with Gasteiger partial charge in [-0.2, -0.15) is 0 Å². The van der Waals surface area contributed by atoms with Crippen LogP contribution >= 0.6 is 11.6 Å². The molecule has 0 aromatic heterocycles. The van der Waals surface area contributed by atoms with Crippen molar-refractivity contribution in [3.05, 3.63) is 99.3 Å². The molecule has 0 aliphatic rings. The molecule has 0 radical (unpaired) electrons. The molecule has 6 nitrogen and oxygen atoms in total. The number of hydrogen-bond donors (Lipinski definition) is 5. The van der Waals surface area contributed by atoms with Crippen molar-refractivity contribution >= 4 is 17.5 Å². The minimum atomic E-state index is -0.790. The van der Waals surface area contributed by atoms with Crippen molar-refractivity contribution in [2.75, 3.05) is 6.54 Å². The maximum absolute atomic E-state index is 13.9. The van der Waals surface area contributed by atoms with E-state index in [4.69, 9.17) is 11.6 Å². The summed E-state index contributed by atoms with van der Waals surface area (Å²) in [5.74, 6) is -0.688. The number of carbonyl (C=O) groups is 1. The second-order valence-corrected chi connectivity index (χ2v) is 8.96. The Hall–Kier alpha value is -2.97. The summed E-state index contributed by atoms with van der Waals surface area (Å²) in [7, 11) is 0. The average Bonchev–Trinajstić information content (AvgIpc) is 2.82. The van der Waals surface area contributed by atoms with Crippen LogP contribution in [-0.4, -0.2) is 33.8 Å². The zero-order valence-corrected chi connectivity index (χ0v) is 20.2. The average molecular weight is 501 g/mol. The molecule has 0 bridgehead atoms. The Morgan fingerprint density at radius 3 is 2.57 bits per heavy atom. The molecule has 0 unspecified atom stereocenters. The molecule has 35 heavy (non-hydrogen) atoms. The van der Waals surface area contributed by atoms with E-state index in [1.807, 2.05) is 31.2 Å². The van der Waals surface area contributed by atoms with Gasteiger partial charge in [-0.25, -0.2) is 4.39 Å². The lowest BCUT2D eigenvalue weighted by Gasteiger charge is -2.18. The predicted octanol–water partition coefficient (Wildman–Crippen LogP) is 3.79. The smallest absolute Gasteiger partial charge is 0.224 e. The number of halogens is 2. The van der Waals surface area contributed by atoms with Gasteiger partial charge in [0, 0.05) is 35.3 Å². The van der Waals surface area contributed by atoms with Crippen LogP contribution in [0.4, 0.5) is 4.39 Å². The van der Waals surface area contributed by atoms with Gasteiger partial charge in [0.05, 0.1) is 19.1 Å². The molecule has 0 spiro atoms. The topological polar surface area (TPSA) is 102 Å². The van der Waals surface area contributed by atoms with E-state index in [9.17, 15) is 24.5 Å². The second-order valence-electron chi connectivity index (χ2n) is 8.55. The van der Waals surface area contributed by atoms with Crippen molar-refractivity contribution < 1.29 is 24.5 Å². The minimum Gasteiger partial charge on any atom is -0.508 e. The molecule has 5 N–H and O–H groups in total. The lowest BCUT2D eigenvalue weighted by Crippen LogP contribution is -2.32. The molecule has 1 amide bonds. The van der Waals surface area contributed by atoms with Gasteiger partial charge in [-0.3, -0.25) is 4.79 Å². The van der Waals surface area contributed by atoms with Crippen molar-refractivity contribution in [3.8, 4) is 5.75 Å². The van der Waals surface area contributed by atoms with E-state index in [-0.39, 0.29) is 47.9 Å². The highest BCUT2D eigenvalue weighted by molar-refractivity contribution is 6.31. The molecule has 186 valence electrons. The number of carbonyl (C=O) groups excluding carboxylic acids is 1. The third kappa shape index (κ3) is 7.77. The SMILES string of the molecule is C[C@H](Cc1cccc(CC(=O)NCc2c(F)cccc2Cl)c1)NC[C@@H](O)c1ccc(O)c(CO)c1. The first-order valence-corrected chi connectivity index (χ1v) is 11.8. The highest BCUT2D eigenvalue weighted by atomic mass is 35.5. The Bertz CT molecular complexity index is 1140. The Morgan fingerprint density at radius 2 is 1.83 bits per heavy atom. The van der Waals surface area contributed by atoms with Gasteiger partial charge >= 0.3 is 0 Å². The van der Waals surface area contributed by atoms with Crippen LogP contribution in [0.1, 0.15) is 40.8 Å². The van der Waals surface area contributed by atoms with Crippen LogP contribution in [0, 0.1) is 5.82 Å². The molecule has 3 aromatic rings. The molecule has 8 heteroatoms. The van der Waals surface area contributed by atoms with Gasteiger partial charge in [-0.1, -0.05) is 48.0 Å². The molecular formula is C27H30ClFN2O4. The summed E-state index contributed by atoms with van der Waals surface area (Å²) in [6.07, 6.45) is 0.0558. The molecular weight excluding hydrogens is 471 g/mol. The van der Waals surface area contributed by atoms with Gasteiger partial charge in [-0.05, 0) is 54.3 Å². The summed E-state index contributed by atoms with van der Waals surface area (Å²) in [4.78, 5) is 12.4. The van der Waals surface area contributed by atoms with Gasteiger partial charge in [0.15, 0.2) is 0 Å². The van der Waals surface area contributed by atoms with Crippen molar-refractivity contribution in [3.63, 3.8) is 0 Å². The lowest BCUT2D eigenvalue weighted by atomic mass is 10.0. The summed E-state index contributed by atoms with van der Waals surface area (Å²) in [5.41, 5.74) is 3.11. The molecule has 0 fully saturated rings. The van der Waals surface area contributed by atoms with E-state index in [0.29, 0.717) is 24.1 Å². The molecule has 0 saturated heterocycles. The fourth-order valence-electron chi connectivity index (χ4n) is 3.80. The van der Waals surface area contributed by atoms with E-state index in [1.165, 1.54) is 18.2 Å². The van der Waals surface area contributed by atoms with Gasteiger partial charge in [0.1, 0.15) is 11.6 Å². The number of amides is 1. The molecule has 3 rings (SSSR count). The first kappa shape index (κ1) is 26.6. The molecule has 0 aliphatic carbocycles. The zero-order chi connectivity index (χ0) is 25.4. The highest BCUT2D eigenvalue weighted by Crippen LogP contribution is 2.22. The van der Waals surface area contributed by atoms with E-state index in [0.717, 1.165) is 11.1 Å². The first-order valence-electron chi connectivity index (χ1n) is 11.4. The summed E-state index contributed by atoms with van der Waals surface area (Å²) < 4.78 is 13.9. The number of nitrogens with one attached hydrogen (secondary N) is 2. The van der Waals surface area contributed by atoms with Gasteiger partial charge in [0.2, 0.25) is 5.91 Å². The molecule has 2 atom stereocenters. The molecule has 0 heterocycles. The number of benzene rings is 3. The van der Waals surface area contributed by atoms with E-state index >= 15 is 0 Å². The Kier molecular flexibility index (Phi) is 9.63. The van der Waals surface area contributed by atoms with Gasteiger partial charge in [-0.15, -0.1) is 0 Å². The fourth-order valence-corrected chi connectivity index (χ4v) is 4.03. The first-order chi connectivity index (χ1) is 16.8. The summed E-state index contributed by atoms with van der Waals surface area (Å²) >= 11 is 6.01. The quantitative estimate of drug-likeness (QED) is 0.276. The Morgan fingerprint density at radius 1 is 1.09 bits per heavy atom. The fraction of sp³-hybridized carbons (Fsp3) is 0.296. The van der Waals surface area contributed by atoms with Gasteiger partial charge < -0.3 is 26.0 Å². The molecule has 0 aliphatic heterocycles. The Balaban J connectivity index is 1.49. The minimum absolute atomic E-state index is 0.00521. The second kappa shape index (κ2) is 12.7. The lowest BCUT2D eigenvalue weighted by molar-refractivity contribution is -0.120. The monoisotopic (exact) mass is 500 g/mol. The van der Waals surface area contributed by atoms with E-state index in [1.54, 1.807) is 18.2 Å². The van der Waals surface area contributed by atoms with Crippen LogP contribution in [0.15, 0.2) is 60.7 Å². The Labute approximate surface area is 209 Å². The maximum Gasteiger partial charge on any atom is 0.224 e. The number of hydrogen-bond acceptors (Lipinski definition) is 5. The zero-order valence-electron chi connectivity index (χ0n) is 19.5. The summed E-state index contributed by atoms with van der Waals surface area (Å²) in [6.45, 7) is 2.02. The van der Waals surface area contributed by atoms with Crippen LogP contribution in [0.2, 0.25) is 5.02 Å². The molecule has 0 saturated carbocycles. The van der Waals surface area contributed by atoms with Crippen LogP contribution in [0.25, 0.3) is 0 Å². The van der Waals surface area contributed by atoms with Crippen LogP contribution in [0.5, 0.6) is 5.75 Å². The third-order valence-corrected chi connectivity index (χ3v) is 6.09. The predicted molar refractivity (Wildman–Crippen MR) is 134 cm³/mol. The number of phenols is 1. The largest absolute Gasteiger partial charge is 0.508 e. The van der Waals surface area contributed by atoms with Crippen molar-refractivity contribution in [2.24, 2.45) is 0 Å². The van der Waals surface area contributed by atoms with E-state index < -0.39 is 11.9 Å². The number of aliphatic hydroxyl groups is 2. The molecule has 3 aromatic carbocycles. The summed E-state index contributed by atoms with van der Waals surface area (Å²) in [5, 5.41) is 35.7. The van der Waals surface area contributed by atoms with Crippen LogP contribution < -0.4 is 10.6 Å². The van der Waals surface area contributed by atoms with Crippen molar-refractivity contribution in [1.82, 2.24) is 10.6 Å². The van der Waals surface area contributed by atoms with E-state index in [2.05, 4.69) is 10.6 Å². The maximum atomic E-state index is 13.9. The number of aromatic hydroxyl groups is 1. The van der Waals surface area contributed by atoms with Gasteiger partial charge in [0.25, 0.3) is 0 Å². The van der Waals surface area contributed by atoms with Crippen LogP contribution in [-0.2, 0) is 30.8 Å².